The SMILES string of the molecule is CCOC(=O)[C@@H]1O[N+]([O-])=C(C(=O)OCc2ccccc2)[C@H]1c1ccco1. The molecule has 1 aromatic heterocycles. The van der Waals surface area contributed by atoms with Crippen LogP contribution in [0.1, 0.15) is 24.2 Å². The number of carbonyl (C=O) groups is 2. The summed E-state index contributed by atoms with van der Waals surface area (Å²) in [5, 5.41) is 12.2. The highest BCUT2D eigenvalue weighted by atomic mass is 16.9. The lowest BCUT2D eigenvalue weighted by molar-refractivity contribution is -0.736. The molecule has 0 bridgehead atoms. The zero-order valence-electron chi connectivity index (χ0n) is 14.0. The largest absolute Gasteiger partial charge is 0.468 e. The molecule has 0 unspecified atom stereocenters. The molecule has 3 rings (SSSR count). The van der Waals surface area contributed by atoms with E-state index < -0.39 is 24.0 Å². The van der Waals surface area contributed by atoms with Crippen molar-refractivity contribution in [3.05, 3.63) is 65.3 Å². The fraction of sp³-hybridized carbons (Fsp3) is 0.278. The Bertz CT molecular complexity index is 798. The summed E-state index contributed by atoms with van der Waals surface area (Å²) in [6.45, 7) is 1.71. The number of rotatable bonds is 6. The second-order valence-corrected chi connectivity index (χ2v) is 5.48. The Labute approximate surface area is 149 Å². The van der Waals surface area contributed by atoms with Gasteiger partial charge in [0.05, 0.1) is 17.8 Å². The van der Waals surface area contributed by atoms with Crippen LogP contribution < -0.4 is 0 Å². The molecule has 8 nitrogen and oxygen atoms in total. The predicted octanol–water partition coefficient (Wildman–Crippen LogP) is 1.93. The standard InChI is InChI=1S/C18H17NO7/c1-2-23-18(21)16-14(13-9-6-10-24-13)15(19(22)26-16)17(20)25-11-12-7-4-3-5-8-12/h3-10,14,16H,2,11H2,1H3/t14-,16-/m1/s1. The molecule has 2 aromatic rings. The number of benzene rings is 1. The molecule has 26 heavy (non-hydrogen) atoms. The first kappa shape index (κ1) is 17.5. The van der Waals surface area contributed by atoms with Crippen LogP contribution in [0.3, 0.4) is 0 Å². The van der Waals surface area contributed by atoms with E-state index >= 15 is 0 Å². The summed E-state index contributed by atoms with van der Waals surface area (Å²) >= 11 is 0. The maximum absolute atomic E-state index is 12.5. The maximum atomic E-state index is 12.5. The second-order valence-electron chi connectivity index (χ2n) is 5.48. The monoisotopic (exact) mass is 359 g/mol. The van der Waals surface area contributed by atoms with Crippen LogP contribution in [0.25, 0.3) is 0 Å². The highest BCUT2D eigenvalue weighted by molar-refractivity contribution is 6.37. The van der Waals surface area contributed by atoms with Crippen molar-refractivity contribution < 1.29 is 33.2 Å². The van der Waals surface area contributed by atoms with Crippen molar-refractivity contribution in [2.24, 2.45) is 0 Å². The van der Waals surface area contributed by atoms with Gasteiger partial charge in [-0.25, -0.2) is 4.79 Å². The van der Waals surface area contributed by atoms with Gasteiger partial charge in [-0.15, -0.1) is 0 Å². The molecule has 1 aliphatic heterocycles. The molecule has 0 spiro atoms. The summed E-state index contributed by atoms with van der Waals surface area (Å²) in [4.78, 5) is 29.6. The van der Waals surface area contributed by atoms with E-state index in [9.17, 15) is 14.8 Å². The molecule has 0 N–H and O–H groups in total. The zero-order valence-corrected chi connectivity index (χ0v) is 14.0. The smallest absolute Gasteiger partial charge is 0.406 e. The van der Waals surface area contributed by atoms with Gasteiger partial charge in [0, 0.05) is 0 Å². The molecule has 0 fully saturated rings. The summed E-state index contributed by atoms with van der Waals surface area (Å²) in [6.07, 6.45) is 0.0515. The molecule has 8 heteroatoms. The van der Waals surface area contributed by atoms with Crippen LogP contribution >= 0.6 is 0 Å². The van der Waals surface area contributed by atoms with E-state index in [1.807, 2.05) is 6.07 Å². The molecule has 2 heterocycles. The van der Waals surface area contributed by atoms with E-state index in [0.29, 0.717) is 0 Å². The molecule has 0 amide bonds. The van der Waals surface area contributed by atoms with E-state index in [1.54, 1.807) is 43.3 Å². The summed E-state index contributed by atoms with van der Waals surface area (Å²) in [6, 6.07) is 12.1. The number of nitrogens with zero attached hydrogens (tertiary/aromatic N) is 1. The van der Waals surface area contributed by atoms with Crippen molar-refractivity contribution in [3.63, 3.8) is 0 Å². The number of hydrogen-bond acceptors (Lipinski definition) is 7. The predicted molar refractivity (Wildman–Crippen MR) is 87.8 cm³/mol. The quantitative estimate of drug-likeness (QED) is 0.574. The van der Waals surface area contributed by atoms with E-state index in [2.05, 4.69) is 0 Å². The molecule has 0 aliphatic carbocycles. The third kappa shape index (κ3) is 3.53. The summed E-state index contributed by atoms with van der Waals surface area (Å²) in [7, 11) is 0. The van der Waals surface area contributed by atoms with Crippen LogP contribution in [0.2, 0.25) is 0 Å². The van der Waals surface area contributed by atoms with Gasteiger partial charge in [-0.2, -0.15) is 0 Å². The lowest BCUT2D eigenvalue weighted by Crippen LogP contribution is -2.34. The molecule has 2 atom stereocenters. The van der Waals surface area contributed by atoms with Crippen molar-refractivity contribution in [1.82, 2.24) is 0 Å². The van der Waals surface area contributed by atoms with Crippen molar-refractivity contribution in [1.29, 1.82) is 0 Å². The Kier molecular flexibility index (Phi) is 5.21. The molecule has 136 valence electrons. The number of ether oxygens (including phenoxy) is 2. The van der Waals surface area contributed by atoms with Crippen molar-refractivity contribution in [3.8, 4) is 0 Å². The highest BCUT2D eigenvalue weighted by Crippen LogP contribution is 2.31. The molecule has 0 saturated heterocycles. The van der Waals surface area contributed by atoms with Gasteiger partial charge in [0.2, 0.25) is 0 Å². The Morgan fingerprint density at radius 2 is 1.92 bits per heavy atom. The van der Waals surface area contributed by atoms with Gasteiger partial charge in [0.25, 0.3) is 0 Å². The van der Waals surface area contributed by atoms with Crippen LogP contribution in [-0.4, -0.2) is 35.3 Å². The van der Waals surface area contributed by atoms with E-state index in [-0.39, 0.29) is 29.6 Å². The Balaban J connectivity index is 1.82. The van der Waals surface area contributed by atoms with Crippen LogP contribution in [0, 0.1) is 5.21 Å². The minimum absolute atomic E-state index is 0.00208. The normalized spacial score (nSPS) is 19.1. The summed E-state index contributed by atoms with van der Waals surface area (Å²) in [5.41, 5.74) is 0.392. The molecule has 0 radical (unpaired) electrons. The maximum Gasteiger partial charge on any atom is 0.406 e. The van der Waals surface area contributed by atoms with Gasteiger partial charge in [-0.3, -0.25) is 10.0 Å². The number of carbonyl (C=O) groups excluding carboxylic acids is 2. The van der Waals surface area contributed by atoms with E-state index in [4.69, 9.17) is 18.7 Å². The van der Waals surface area contributed by atoms with Crippen LogP contribution in [0.4, 0.5) is 0 Å². The number of esters is 2. The topological polar surface area (TPSA) is 101 Å². The Morgan fingerprint density at radius 1 is 1.15 bits per heavy atom. The van der Waals surface area contributed by atoms with Gasteiger partial charge in [-0.05, 0) is 24.6 Å². The van der Waals surface area contributed by atoms with Crippen molar-refractivity contribution in [2.75, 3.05) is 6.61 Å². The fourth-order valence-corrected chi connectivity index (χ4v) is 2.63. The average molecular weight is 359 g/mol. The first-order valence-corrected chi connectivity index (χ1v) is 8.03. The summed E-state index contributed by atoms with van der Waals surface area (Å²) < 4.78 is 15.4. The average Bonchev–Trinajstić information content (AvgIpc) is 3.28. The lowest BCUT2D eigenvalue weighted by Gasteiger charge is -2.15. The van der Waals surface area contributed by atoms with Crippen molar-refractivity contribution in [2.45, 2.75) is 25.6 Å². The Hall–Kier alpha value is -3.29. The molecule has 0 saturated carbocycles. The highest BCUT2D eigenvalue weighted by Gasteiger charge is 2.51. The first-order valence-electron chi connectivity index (χ1n) is 8.03. The van der Waals surface area contributed by atoms with E-state index in [1.165, 1.54) is 6.26 Å². The number of hydrogen-bond donors (Lipinski definition) is 0. The van der Waals surface area contributed by atoms with Crippen LogP contribution in [-0.2, 0) is 30.5 Å². The summed E-state index contributed by atoms with van der Waals surface area (Å²) in [5.74, 6) is -2.48. The van der Waals surface area contributed by atoms with Gasteiger partial charge in [0.15, 0.2) is 6.10 Å². The molecular weight excluding hydrogens is 342 g/mol. The van der Waals surface area contributed by atoms with Gasteiger partial charge in [0.1, 0.15) is 18.3 Å². The van der Waals surface area contributed by atoms with Gasteiger partial charge in [-0.1, -0.05) is 30.3 Å². The van der Waals surface area contributed by atoms with E-state index in [0.717, 1.165) is 5.56 Å². The first-order chi connectivity index (χ1) is 12.6. The minimum atomic E-state index is -1.32. The van der Waals surface area contributed by atoms with Crippen molar-refractivity contribution >= 4 is 17.7 Å². The number of furan rings is 1. The molecule has 1 aliphatic rings. The third-order valence-electron chi connectivity index (χ3n) is 3.79. The minimum Gasteiger partial charge on any atom is -0.468 e. The lowest BCUT2D eigenvalue weighted by atomic mass is 9.94. The Morgan fingerprint density at radius 3 is 2.58 bits per heavy atom. The molecular formula is C18H17NO7. The van der Waals surface area contributed by atoms with Crippen LogP contribution in [0.15, 0.2) is 53.1 Å². The third-order valence-corrected chi connectivity index (χ3v) is 3.79. The second kappa shape index (κ2) is 7.73. The molecule has 1 aromatic carbocycles. The van der Waals surface area contributed by atoms with Gasteiger partial charge < -0.3 is 18.7 Å². The zero-order chi connectivity index (χ0) is 18.5. The fourth-order valence-electron chi connectivity index (χ4n) is 2.63. The van der Waals surface area contributed by atoms with Gasteiger partial charge >= 0.3 is 17.7 Å². The van der Waals surface area contributed by atoms with Crippen LogP contribution in [0.5, 0.6) is 0 Å².